The number of likely N-dealkylation sites (N-methyl/N-ethyl adjacent to an activating group) is 1. The van der Waals surface area contributed by atoms with Gasteiger partial charge in [0.1, 0.15) is 18.0 Å². The molecule has 1 fully saturated rings. The zero-order valence-electron chi connectivity index (χ0n) is 13.3. The normalized spacial score (nSPS) is 17.5. The topological polar surface area (TPSA) is 76.3 Å². The molecular weight excluding hydrogens is 266 g/mol. The zero-order valence-corrected chi connectivity index (χ0v) is 13.3. The summed E-state index contributed by atoms with van der Waals surface area (Å²) in [7, 11) is 0. The summed E-state index contributed by atoms with van der Waals surface area (Å²) in [4.78, 5) is 11.1. The van der Waals surface area contributed by atoms with Crippen molar-refractivity contribution in [1.82, 2.24) is 9.97 Å². The van der Waals surface area contributed by atoms with Crippen molar-refractivity contribution in [2.24, 2.45) is 5.73 Å². The Hall–Kier alpha value is -1.40. The molecule has 0 bridgehead atoms. The number of hydrogen-bond acceptors (Lipinski definition) is 6. The highest BCUT2D eigenvalue weighted by Crippen LogP contribution is 2.24. The lowest BCUT2D eigenvalue weighted by Gasteiger charge is -2.28. The van der Waals surface area contributed by atoms with Crippen LogP contribution in [0.2, 0.25) is 0 Å². The minimum absolute atomic E-state index is 0.117. The first kappa shape index (κ1) is 16.0. The van der Waals surface area contributed by atoms with Gasteiger partial charge in [-0.2, -0.15) is 0 Å². The Morgan fingerprint density at radius 3 is 2.76 bits per heavy atom. The van der Waals surface area contributed by atoms with Gasteiger partial charge in [0.05, 0.1) is 0 Å². The van der Waals surface area contributed by atoms with Crippen LogP contribution in [0.4, 0.5) is 11.6 Å². The summed E-state index contributed by atoms with van der Waals surface area (Å²) in [6.45, 7) is 9.53. The predicted molar refractivity (Wildman–Crippen MR) is 85.8 cm³/mol. The highest BCUT2D eigenvalue weighted by atomic mass is 16.5. The maximum atomic E-state index is 5.93. The monoisotopic (exact) mass is 293 g/mol. The highest BCUT2D eigenvalue weighted by Gasteiger charge is 2.18. The van der Waals surface area contributed by atoms with Gasteiger partial charge >= 0.3 is 0 Å². The zero-order chi connectivity index (χ0) is 15.2. The van der Waals surface area contributed by atoms with Crippen molar-refractivity contribution < 1.29 is 4.74 Å². The molecule has 0 spiro atoms. The molecule has 1 unspecified atom stereocenters. The van der Waals surface area contributed by atoms with Gasteiger partial charge in [-0.1, -0.05) is 0 Å². The third kappa shape index (κ3) is 4.28. The maximum absolute atomic E-state index is 5.93. The van der Waals surface area contributed by atoms with E-state index in [1.165, 1.54) is 0 Å². The van der Waals surface area contributed by atoms with E-state index in [0.717, 1.165) is 56.3 Å². The molecule has 3 N–H and O–H groups in total. The first-order valence-corrected chi connectivity index (χ1v) is 7.78. The van der Waals surface area contributed by atoms with E-state index in [4.69, 9.17) is 10.5 Å². The number of hydrogen-bond donors (Lipinski definition) is 2. The number of rotatable bonds is 6. The molecule has 118 valence electrons. The summed E-state index contributed by atoms with van der Waals surface area (Å²) in [6.07, 6.45) is 3.68. The Balaban J connectivity index is 2.14. The van der Waals surface area contributed by atoms with E-state index >= 15 is 0 Å². The van der Waals surface area contributed by atoms with Gasteiger partial charge in [0.25, 0.3) is 0 Å². The second-order valence-corrected chi connectivity index (χ2v) is 5.72. The fraction of sp³-hybridized carbons (Fsp3) is 0.733. The minimum atomic E-state index is 0.117. The molecule has 1 aliphatic heterocycles. The maximum Gasteiger partial charge on any atom is 0.137 e. The second-order valence-electron chi connectivity index (χ2n) is 5.72. The van der Waals surface area contributed by atoms with Crippen LogP contribution < -0.4 is 16.0 Å². The lowest BCUT2D eigenvalue weighted by atomic mass is 10.1. The molecular formula is C15H27N5O. The molecule has 21 heavy (non-hydrogen) atoms. The Morgan fingerprint density at radius 2 is 2.14 bits per heavy atom. The molecule has 1 aromatic heterocycles. The van der Waals surface area contributed by atoms with Gasteiger partial charge in [-0.25, -0.2) is 9.97 Å². The lowest BCUT2D eigenvalue weighted by Crippen LogP contribution is -2.36. The van der Waals surface area contributed by atoms with Crippen LogP contribution in [0.15, 0.2) is 6.33 Å². The molecule has 0 radical (unpaired) electrons. The van der Waals surface area contributed by atoms with Crippen molar-refractivity contribution in [2.75, 3.05) is 36.5 Å². The van der Waals surface area contributed by atoms with Crippen molar-refractivity contribution in [1.29, 1.82) is 0 Å². The van der Waals surface area contributed by atoms with Gasteiger partial charge in [-0.15, -0.1) is 0 Å². The quantitative estimate of drug-likeness (QED) is 0.829. The SMILES string of the molecule is CCN(CC(C)N)c1ncnc(NC2CCOCC2)c1C. The van der Waals surface area contributed by atoms with Gasteiger partial charge in [0, 0.05) is 44.0 Å². The Bertz CT molecular complexity index is 446. The van der Waals surface area contributed by atoms with E-state index in [2.05, 4.69) is 34.0 Å². The molecule has 0 aromatic carbocycles. The third-order valence-corrected chi connectivity index (χ3v) is 3.81. The van der Waals surface area contributed by atoms with Crippen LogP contribution in [0.1, 0.15) is 32.3 Å². The van der Waals surface area contributed by atoms with E-state index in [-0.39, 0.29) is 6.04 Å². The van der Waals surface area contributed by atoms with Crippen molar-refractivity contribution in [3.05, 3.63) is 11.9 Å². The van der Waals surface area contributed by atoms with Crippen molar-refractivity contribution >= 4 is 11.6 Å². The van der Waals surface area contributed by atoms with Gasteiger partial charge < -0.3 is 20.7 Å². The molecule has 0 amide bonds. The highest BCUT2D eigenvalue weighted by molar-refractivity contribution is 5.58. The molecule has 2 rings (SSSR count). The molecule has 1 saturated heterocycles. The van der Waals surface area contributed by atoms with E-state index in [1.54, 1.807) is 6.33 Å². The summed E-state index contributed by atoms with van der Waals surface area (Å²) in [5.74, 6) is 1.90. The Morgan fingerprint density at radius 1 is 1.43 bits per heavy atom. The van der Waals surface area contributed by atoms with Gasteiger partial charge in [-0.3, -0.25) is 0 Å². The van der Waals surface area contributed by atoms with Gasteiger partial charge in [0.15, 0.2) is 0 Å². The number of anilines is 2. The molecule has 6 heteroatoms. The molecule has 1 aliphatic rings. The first-order chi connectivity index (χ1) is 10.1. The number of ether oxygens (including phenoxy) is 1. The van der Waals surface area contributed by atoms with Crippen LogP contribution in [-0.2, 0) is 4.74 Å². The molecule has 2 heterocycles. The van der Waals surface area contributed by atoms with Crippen LogP contribution >= 0.6 is 0 Å². The molecule has 0 saturated carbocycles. The average Bonchev–Trinajstić information content (AvgIpc) is 2.48. The molecule has 0 aliphatic carbocycles. The summed E-state index contributed by atoms with van der Waals surface area (Å²) in [5, 5.41) is 3.53. The standard InChI is InChI=1S/C15H27N5O/c1-4-20(9-11(2)16)15-12(3)14(17-10-18-15)19-13-5-7-21-8-6-13/h10-11,13H,4-9,16H2,1-3H3,(H,17,18,19). The van der Waals surface area contributed by atoms with Crippen LogP contribution in [0, 0.1) is 6.92 Å². The predicted octanol–water partition coefficient (Wildman–Crippen LogP) is 1.55. The fourth-order valence-corrected chi connectivity index (χ4v) is 2.65. The number of aromatic nitrogens is 2. The van der Waals surface area contributed by atoms with Crippen molar-refractivity contribution in [3.63, 3.8) is 0 Å². The molecule has 6 nitrogen and oxygen atoms in total. The van der Waals surface area contributed by atoms with E-state index in [9.17, 15) is 0 Å². The van der Waals surface area contributed by atoms with Crippen LogP contribution in [-0.4, -0.2) is 48.4 Å². The molecule has 1 aromatic rings. The summed E-state index contributed by atoms with van der Waals surface area (Å²) < 4.78 is 5.40. The number of nitrogens with one attached hydrogen (secondary N) is 1. The van der Waals surface area contributed by atoms with E-state index < -0.39 is 0 Å². The fourth-order valence-electron chi connectivity index (χ4n) is 2.65. The number of nitrogens with two attached hydrogens (primary N) is 1. The average molecular weight is 293 g/mol. The lowest BCUT2D eigenvalue weighted by molar-refractivity contribution is 0.0903. The largest absolute Gasteiger partial charge is 0.381 e. The number of nitrogens with zero attached hydrogens (tertiary/aromatic N) is 3. The van der Waals surface area contributed by atoms with Crippen molar-refractivity contribution in [3.8, 4) is 0 Å². The first-order valence-electron chi connectivity index (χ1n) is 7.78. The van der Waals surface area contributed by atoms with Crippen molar-refractivity contribution in [2.45, 2.75) is 45.7 Å². The van der Waals surface area contributed by atoms with E-state index in [0.29, 0.717) is 6.04 Å². The summed E-state index contributed by atoms with van der Waals surface area (Å²) >= 11 is 0. The van der Waals surface area contributed by atoms with Crippen LogP contribution in [0.3, 0.4) is 0 Å². The van der Waals surface area contributed by atoms with Crippen LogP contribution in [0.25, 0.3) is 0 Å². The summed E-state index contributed by atoms with van der Waals surface area (Å²) in [6, 6.07) is 0.551. The smallest absolute Gasteiger partial charge is 0.137 e. The van der Waals surface area contributed by atoms with Gasteiger partial charge in [0.2, 0.25) is 0 Å². The minimum Gasteiger partial charge on any atom is -0.381 e. The summed E-state index contributed by atoms with van der Waals surface area (Å²) in [5.41, 5.74) is 7.02. The van der Waals surface area contributed by atoms with Gasteiger partial charge in [-0.05, 0) is 33.6 Å². The third-order valence-electron chi connectivity index (χ3n) is 3.81. The molecule has 1 atom stereocenters. The second kappa shape index (κ2) is 7.56. The van der Waals surface area contributed by atoms with E-state index in [1.807, 2.05) is 6.92 Å². The van der Waals surface area contributed by atoms with Crippen LogP contribution in [0.5, 0.6) is 0 Å². The Kier molecular flexibility index (Phi) is 5.76. The Labute approximate surface area is 127 Å².